The van der Waals surface area contributed by atoms with Crippen molar-refractivity contribution in [1.29, 1.82) is 0 Å². The number of hydrogen-bond donors (Lipinski definition) is 0. The van der Waals surface area contributed by atoms with Crippen molar-refractivity contribution in [3.63, 3.8) is 0 Å². The number of hydrogen-bond acceptors (Lipinski definition) is 3. The van der Waals surface area contributed by atoms with Gasteiger partial charge in [0, 0.05) is 43.7 Å². The standard InChI is InChI=1S/C54H32N4S/c1-3-15-35(16-4-1)57-45-25-13-11-21-39(45)41-29-27-33(31-47(41)57)53-51-52(56-50-44-24-10-8-20-38(44)37-19-7-9-23-43(37)49(50)55-51)54(59-53)34-28-30-42-40-22-12-14-26-46(40)58(48(42)32-34)36-17-5-2-6-18-36/h1-32H. The van der Waals surface area contributed by atoms with Gasteiger partial charge in [-0.3, -0.25) is 0 Å². The molecule has 0 saturated heterocycles. The molecule has 13 rings (SSSR count). The Balaban J connectivity index is 1.14. The Kier molecular flexibility index (Phi) is 6.85. The lowest BCUT2D eigenvalue weighted by atomic mass is 9.99. The van der Waals surface area contributed by atoms with Gasteiger partial charge in [0.05, 0.1) is 42.9 Å². The second-order valence-electron chi connectivity index (χ2n) is 15.3. The highest BCUT2D eigenvalue weighted by Gasteiger charge is 2.23. The fourth-order valence-corrected chi connectivity index (χ4v) is 10.7. The largest absolute Gasteiger partial charge is 0.309 e. The summed E-state index contributed by atoms with van der Waals surface area (Å²) in [6.07, 6.45) is 0. The number of fused-ring (bicyclic) bond motifs is 13. The average Bonchev–Trinajstić information content (AvgIpc) is 3.96. The minimum Gasteiger partial charge on any atom is -0.309 e. The van der Waals surface area contributed by atoms with E-state index in [1.807, 2.05) is 0 Å². The zero-order valence-electron chi connectivity index (χ0n) is 31.7. The van der Waals surface area contributed by atoms with E-state index in [9.17, 15) is 0 Å². The number of nitrogens with zero attached hydrogens (tertiary/aromatic N) is 4. The van der Waals surface area contributed by atoms with Gasteiger partial charge in [0.15, 0.2) is 0 Å². The molecule has 0 radical (unpaired) electrons. The second-order valence-corrected chi connectivity index (χ2v) is 16.3. The lowest BCUT2D eigenvalue weighted by Gasteiger charge is -2.10. The van der Waals surface area contributed by atoms with Crippen LogP contribution in [-0.2, 0) is 0 Å². The van der Waals surface area contributed by atoms with E-state index in [2.05, 4.69) is 203 Å². The van der Waals surface area contributed by atoms with Gasteiger partial charge in [0.1, 0.15) is 11.0 Å². The van der Waals surface area contributed by atoms with Crippen molar-refractivity contribution in [2.45, 2.75) is 0 Å². The van der Waals surface area contributed by atoms with E-state index >= 15 is 0 Å². The molecule has 59 heavy (non-hydrogen) atoms. The van der Waals surface area contributed by atoms with Crippen LogP contribution in [-0.4, -0.2) is 19.1 Å². The zero-order valence-corrected chi connectivity index (χ0v) is 32.5. The van der Waals surface area contributed by atoms with Crippen LogP contribution in [0.2, 0.25) is 0 Å². The third-order valence-electron chi connectivity index (χ3n) is 12.1. The summed E-state index contributed by atoms with van der Waals surface area (Å²) >= 11 is 1.79. The number of aromatic nitrogens is 4. The monoisotopic (exact) mass is 768 g/mol. The van der Waals surface area contributed by atoms with Crippen LogP contribution in [0, 0.1) is 0 Å². The third kappa shape index (κ3) is 4.71. The summed E-state index contributed by atoms with van der Waals surface area (Å²) < 4.78 is 4.78. The van der Waals surface area contributed by atoms with Crippen molar-refractivity contribution >= 4 is 98.6 Å². The van der Waals surface area contributed by atoms with E-state index in [0.29, 0.717) is 0 Å². The summed E-state index contributed by atoms with van der Waals surface area (Å²) in [6.45, 7) is 0. The van der Waals surface area contributed by atoms with E-state index in [1.165, 1.54) is 43.4 Å². The summed E-state index contributed by atoms with van der Waals surface area (Å²) in [7, 11) is 0. The molecule has 0 saturated carbocycles. The minimum absolute atomic E-state index is 0.920. The Morgan fingerprint density at radius 1 is 0.288 bits per heavy atom. The first-order chi connectivity index (χ1) is 29.3. The quantitative estimate of drug-likeness (QED) is 0.167. The molecule has 0 amide bonds. The first-order valence-corrected chi connectivity index (χ1v) is 20.8. The van der Waals surface area contributed by atoms with Crippen molar-refractivity contribution in [1.82, 2.24) is 19.1 Å². The number of para-hydroxylation sites is 4. The molecule has 0 N–H and O–H groups in total. The topological polar surface area (TPSA) is 35.6 Å². The SMILES string of the molecule is c1ccc(-n2c3ccccc3c3ccc(-c4sc(-c5ccc6c7ccccc7n(-c7ccccc7)c6c5)c5nc6c7ccccc7c7ccccc7c6nc45)cc32)cc1. The van der Waals surface area contributed by atoms with E-state index in [-0.39, 0.29) is 0 Å². The summed E-state index contributed by atoms with van der Waals surface area (Å²) in [6, 6.07) is 69.9. The van der Waals surface area contributed by atoms with E-state index in [1.54, 1.807) is 11.3 Å². The molecule has 0 aliphatic rings. The van der Waals surface area contributed by atoms with Crippen molar-refractivity contribution < 1.29 is 0 Å². The summed E-state index contributed by atoms with van der Waals surface area (Å²) in [5, 5.41) is 9.53. The van der Waals surface area contributed by atoms with E-state index in [4.69, 9.17) is 9.97 Å². The maximum atomic E-state index is 5.68. The first-order valence-electron chi connectivity index (χ1n) is 20.0. The highest BCUT2D eigenvalue weighted by molar-refractivity contribution is 7.20. The van der Waals surface area contributed by atoms with Crippen LogP contribution in [0.25, 0.3) is 119 Å². The van der Waals surface area contributed by atoms with Gasteiger partial charge >= 0.3 is 0 Å². The molecule has 0 fully saturated rings. The molecule has 274 valence electrons. The maximum Gasteiger partial charge on any atom is 0.109 e. The van der Waals surface area contributed by atoms with Crippen LogP contribution in [0.15, 0.2) is 194 Å². The molecule has 4 aromatic heterocycles. The van der Waals surface area contributed by atoms with Crippen LogP contribution in [0.4, 0.5) is 0 Å². The number of thiophene rings is 1. The fraction of sp³-hybridized carbons (Fsp3) is 0. The second kappa shape index (κ2) is 12.4. The molecule has 13 aromatic rings. The molecule has 0 aliphatic carbocycles. The average molecular weight is 769 g/mol. The highest BCUT2D eigenvalue weighted by Crippen LogP contribution is 2.47. The Bertz CT molecular complexity index is 3590. The lowest BCUT2D eigenvalue weighted by Crippen LogP contribution is -1.93. The van der Waals surface area contributed by atoms with Gasteiger partial charge in [0.2, 0.25) is 0 Å². The lowest BCUT2D eigenvalue weighted by molar-refractivity contribution is 1.18. The van der Waals surface area contributed by atoms with Crippen LogP contribution < -0.4 is 0 Å². The molecule has 0 aliphatic heterocycles. The van der Waals surface area contributed by atoms with Crippen LogP contribution in [0.3, 0.4) is 0 Å². The Morgan fingerprint density at radius 2 is 0.644 bits per heavy atom. The molecule has 0 atom stereocenters. The predicted molar refractivity (Wildman–Crippen MR) is 249 cm³/mol. The zero-order chi connectivity index (χ0) is 38.6. The van der Waals surface area contributed by atoms with Crippen molar-refractivity contribution in [3.8, 4) is 32.3 Å². The van der Waals surface area contributed by atoms with Gasteiger partial charge < -0.3 is 9.13 Å². The molecule has 0 bridgehead atoms. The van der Waals surface area contributed by atoms with Gasteiger partial charge in [-0.2, -0.15) is 0 Å². The van der Waals surface area contributed by atoms with Gasteiger partial charge in [-0.15, -0.1) is 11.3 Å². The van der Waals surface area contributed by atoms with Gasteiger partial charge in [0.25, 0.3) is 0 Å². The van der Waals surface area contributed by atoms with Gasteiger partial charge in [-0.1, -0.05) is 146 Å². The highest BCUT2D eigenvalue weighted by atomic mass is 32.1. The molecule has 0 unspecified atom stereocenters. The van der Waals surface area contributed by atoms with Crippen LogP contribution in [0.1, 0.15) is 0 Å². The van der Waals surface area contributed by atoms with Crippen molar-refractivity contribution in [3.05, 3.63) is 194 Å². The maximum absolute atomic E-state index is 5.68. The molecule has 4 heterocycles. The van der Waals surface area contributed by atoms with Crippen LogP contribution >= 0.6 is 11.3 Å². The van der Waals surface area contributed by atoms with Gasteiger partial charge in [-0.05, 0) is 70.4 Å². The first kappa shape index (κ1) is 32.5. The Morgan fingerprint density at radius 3 is 1.08 bits per heavy atom. The third-order valence-corrected chi connectivity index (χ3v) is 13.4. The summed E-state index contributed by atoms with van der Waals surface area (Å²) in [4.78, 5) is 13.6. The molecule has 4 nitrogen and oxygen atoms in total. The molecular formula is C54H32N4S. The molecule has 0 spiro atoms. The summed E-state index contributed by atoms with van der Waals surface area (Å²) in [5.74, 6) is 0. The molecule has 9 aromatic carbocycles. The van der Waals surface area contributed by atoms with Crippen LogP contribution in [0.5, 0.6) is 0 Å². The summed E-state index contributed by atoms with van der Waals surface area (Å²) in [5.41, 5.74) is 12.9. The normalized spacial score (nSPS) is 12.1. The number of benzene rings is 9. The smallest absolute Gasteiger partial charge is 0.109 e. The Hall–Kier alpha value is -7.60. The van der Waals surface area contributed by atoms with E-state index in [0.717, 1.165) is 76.1 Å². The van der Waals surface area contributed by atoms with Crippen molar-refractivity contribution in [2.75, 3.05) is 0 Å². The van der Waals surface area contributed by atoms with Gasteiger partial charge in [-0.25, -0.2) is 9.97 Å². The predicted octanol–water partition coefficient (Wildman–Crippen LogP) is 14.7. The minimum atomic E-state index is 0.920. The molecular weight excluding hydrogens is 737 g/mol. The molecule has 5 heteroatoms. The fourth-order valence-electron chi connectivity index (χ4n) is 9.50. The Labute approximate surface area is 342 Å². The number of rotatable bonds is 4. The van der Waals surface area contributed by atoms with Crippen molar-refractivity contribution in [2.24, 2.45) is 0 Å². The van der Waals surface area contributed by atoms with E-state index < -0.39 is 0 Å².